The Morgan fingerprint density at radius 1 is 1.18 bits per heavy atom. The Bertz CT molecular complexity index is 497. The third-order valence-corrected chi connectivity index (χ3v) is 6.31. The molecule has 0 aromatic heterocycles. The highest BCUT2D eigenvalue weighted by Crippen LogP contribution is 2.41. The van der Waals surface area contributed by atoms with Crippen molar-refractivity contribution < 1.29 is 20.1 Å². The van der Waals surface area contributed by atoms with E-state index in [1.54, 1.807) is 0 Å². The zero-order valence-electron chi connectivity index (χ0n) is 18.1. The van der Waals surface area contributed by atoms with E-state index in [9.17, 15) is 15.0 Å². The van der Waals surface area contributed by atoms with Gasteiger partial charge in [0, 0.05) is 12.3 Å². The van der Waals surface area contributed by atoms with Crippen molar-refractivity contribution in [3.8, 4) is 0 Å². The molecule has 0 aliphatic heterocycles. The number of carboxylic acids is 1. The predicted molar refractivity (Wildman–Crippen MR) is 115 cm³/mol. The van der Waals surface area contributed by atoms with E-state index in [0.717, 1.165) is 57.8 Å². The van der Waals surface area contributed by atoms with Gasteiger partial charge in [-0.25, -0.2) is 0 Å². The molecule has 28 heavy (non-hydrogen) atoms. The highest BCUT2D eigenvalue weighted by atomic mass is 16.4. The summed E-state index contributed by atoms with van der Waals surface area (Å²) >= 11 is 0. The minimum absolute atomic E-state index is 0.0782. The highest BCUT2D eigenvalue weighted by Gasteiger charge is 2.36. The molecular formula is C24H42O4. The Balaban J connectivity index is 2.48. The van der Waals surface area contributed by atoms with E-state index in [-0.39, 0.29) is 18.4 Å². The second-order valence-corrected chi connectivity index (χ2v) is 8.56. The molecule has 1 saturated carbocycles. The number of rotatable bonds is 14. The summed E-state index contributed by atoms with van der Waals surface area (Å²) in [4.78, 5) is 10.6. The first-order valence-corrected chi connectivity index (χ1v) is 11.3. The van der Waals surface area contributed by atoms with Crippen LogP contribution in [0, 0.1) is 17.8 Å². The van der Waals surface area contributed by atoms with Crippen molar-refractivity contribution in [2.75, 3.05) is 0 Å². The molecule has 162 valence electrons. The first kappa shape index (κ1) is 24.9. The normalized spacial score (nSPS) is 26.2. The lowest BCUT2D eigenvalue weighted by atomic mass is 9.86. The number of aliphatic hydroxyl groups excluding tert-OH is 2. The van der Waals surface area contributed by atoms with Gasteiger partial charge in [-0.05, 0) is 44.4 Å². The van der Waals surface area contributed by atoms with Crippen LogP contribution < -0.4 is 0 Å². The van der Waals surface area contributed by atoms with Crippen molar-refractivity contribution in [3.63, 3.8) is 0 Å². The van der Waals surface area contributed by atoms with Crippen molar-refractivity contribution in [3.05, 3.63) is 23.8 Å². The van der Waals surface area contributed by atoms with Gasteiger partial charge < -0.3 is 15.3 Å². The van der Waals surface area contributed by atoms with Crippen molar-refractivity contribution in [2.24, 2.45) is 17.8 Å². The standard InChI is InChI=1S/C24H42O4/c1-4-18(3)11-10-12-20(25)15-16-22-21(19(5-2)17-23(22)26)13-8-6-7-9-14-24(27)28/h5,15-16,18,20-23,25-26H,4,6-14,17H2,1-3H3,(H,27,28)/b16-15+,19-5-/t18?,20-,21-,22+,23+/m0/s1. The van der Waals surface area contributed by atoms with E-state index in [1.807, 2.05) is 19.1 Å². The van der Waals surface area contributed by atoms with Crippen LogP contribution in [0.1, 0.15) is 91.4 Å². The van der Waals surface area contributed by atoms with E-state index in [4.69, 9.17) is 5.11 Å². The maximum atomic E-state index is 10.6. The molecule has 0 saturated heterocycles. The minimum atomic E-state index is -0.719. The van der Waals surface area contributed by atoms with E-state index >= 15 is 0 Å². The maximum Gasteiger partial charge on any atom is 0.303 e. The molecule has 1 aliphatic rings. The van der Waals surface area contributed by atoms with Gasteiger partial charge in [0.15, 0.2) is 0 Å². The molecule has 5 atom stereocenters. The second kappa shape index (κ2) is 13.9. The summed E-state index contributed by atoms with van der Waals surface area (Å²) in [7, 11) is 0. The quantitative estimate of drug-likeness (QED) is 0.269. The van der Waals surface area contributed by atoms with Crippen LogP contribution in [0.5, 0.6) is 0 Å². The predicted octanol–water partition coefficient (Wildman–Crippen LogP) is 5.49. The van der Waals surface area contributed by atoms with Gasteiger partial charge in [-0.1, -0.05) is 76.2 Å². The SMILES string of the molecule is C/C=C1/C[C@@H](O)[C@H](/C=C/[C@@H](O)CCCC(C)CC)[C@H]1CCCCCCC(=O)O. The number of aliphatic hydroxyl groups is 2. The van der Waals surface area contributed by atoms with Gasteiger partial charge in [0.25, 0.3) is 0 Å². The third kappa shape index (κ3) is 9.38. The Labute approximate surface area is 171 Å². The van der Waals surface area contributed by atoms with Gasteiger partial charge >= 0.3 is 5.97 Å². The van der Waals surface area contributed by atoms with Gasteiger partial charge in [0.2, 0.25) is 0 Å². The molecule has 0 heterocycles. The molecule has 0 aromatic rings. The van der Waals surface area contributed by atoms with Crippen LogP contribution in [0.2, 0.25) is 0 Å². The zero-order chi connectivity index (χ0) is 20.9. The average molecular weight is 395 g/mol. The maximum absolute atomic E-state index is 10.6. The fourth-order valence-corrected chi connectivity index (χ4v) is 4.24. The molecule has 1 fully saturated rings. The zero-order valence-corrected chi connectivity index (χ0v) is 18.1. The Morgan fingerprint density at radius 3 is 2.54 bits per heavy atom. The summed E-state index contributed by atoms with van der Waals surface area (Å²) < 4.78 is 0. The van der Waals surface area contributed by atoms with Gasteiger partial charge in [-0.15, -0.1) is 0 Å². The second-order valence-electron chi connectivity index (χ2n) is 8.56. The molecule has 3 N–H and O–H groups in total. The van der Waals surface area contributed by atoms with Gasteiger partial charge in [-0.2, -0.15) is 0 Å². The number of unbranched alkanes of at least 4 members (excludes halogenated alkanes) is 3. The number of carboxylic acid groups (broad SMARTS) is 1. The van der Waals surface area contributed by atoms with Crippen LogP contribution in [-0.2, 0) is 4.79 Å². The average Bonchev–Trinajstić information content (AvgIpc) is 2.97. The first-order valence-electron chi connectivity index (χ1n) is 11.3. The van der Waals surface area contributed by atoms with E-state index < -0.39 is 12.1 Å². The summed E-state index contributed by atoms with van der Waals surface area (Å²) in [5, 5.41) is 29.5. The topological polar surface area (TPSA) is 77.8 Å². The summed E-state index contributed by atoms with van der Waals surface area (Å²) in [6.07, 6.45) is 15.2. The van der Waals surface area contributed by atoms with Crippen LogP contribution in [0.3, 0.4) is 0 Å². The molecule has 1 unspecified atom stereocenters. The Morgan fingerprint density at radius 2 is 1.89 bits per heavy atom. The summed E-state index contributed by atoms with van der Waals surface area (Å²) in [5.41, 5.74) is 1.32. The monoisotopic (exact) mass is 394 g/mol. The summed E-state index contributed by atoms with van der Waals surface area (Å²) in [6, 6.07) is 0. The Kier molecular flexibility index (Phi) is 12.4. The van der Waals surface area contributed by atoms with E-state index in [2.05, 4.69) is 19.9 Å². The van der Waals surface area contributed by atoms with Crippen LogP contribution in [0.15, 0.2) is 23.8 Å². The fourth-order valence-electron chi connectivity index (χ4n) is 4.24. The van der Waals surface area contributed by atoms with Crippen LogP contribution in [-0.4, -0.2) is 33.5 Å². The molecule has 0 bridgehead atoms. The van der Waals surface area contributed by atoms with Crippen molar-refractivity contribution in [1.82, 2.24) is 0 Å². The van der Waals surface area contributed by atoms with Crippen molar-refractivity contribution in [1.29, 1.82) is 0 Å². The van der Waals surface area contributed by atoms with E-state index in [1.165, 1.54) is 12.0 Å². The molecule has 0 aromatic carbocycles. The van der Waals surface area contributed by atoms with Crippen molar-refractivity contribution >= 4 is 5.97 Å². The molecule has 1 rings (SSSR count). The van der Waals surface area contributed by atoms with Gasteiger partial charge in [0.05, 0.1) is 12.2 Å². The van der Waals surface area contributed by atoms with Crippen LogP contribution >= 0.6 is 0 Å². The first-order chi connectivity index (χ1) is 13.4. The Hall–Kier alpha value is -1.13. The lowest BCUT2D eigenvalue weighted by molar-refractivity contribution is -0.137. The number of hydrogen-bond donors (Lipinski definition) is 3. The van der Waals surface area contributed by atoms with Gasteiger partial charge in [0.1, 0.15) is 0 Å². The molecule has 4 nitrogen and oxygen atoms in total. The molecular weight excluding hydrogens is 352 g/mol. The number of hydrogen-bond acceptors (Lipinski definition) is 3. The minimum Gasteiger partial charge on any atom is -0.481 e. The number of allylic oxidation sites excluding steroid dienone is 1. The lowest BCUT2D eigenvalue weighted by Gasteiger charge is -2.20. The molecule has 0 amide bonds. The van der Waals surface area contributed by atoms with Gasteiger partial charge in [-0.3, -0.25) is 4.79 Å². The van der Waals surface area contributed by atoms with Crippen LogP contribution in [0.4, 0.5) is 0 Å². The van der Waals surface area contributed by atoms with Crippen LogP contribution in [0.25, 0.3) is 0 Å². The molecule has 1 aliphatic carbocycles. The summed E-state index contributed by atoms with van der Waals surface area (Å²) in [5.74, 6) is 0.408. The molecule has 0 spiro atoms. The third-order valence-electron chi connectivity index (χ3n) is 6.31. The van der Waals surface area contributed by atoms with E-state index in [0.29, 0.717) is 11.8 Å². The highest BCUT2D eigenvalue weighted by molar-refractivity contribution is 5.66. The van der Waals surface area contributed by atoms with Crippen molar-refractivity contribution in [2.45, 2.75) is 104 Å². The number of aliphatic carboxylic acids is 1. The number of carbonyl (C=O) groups is 1. The lowest BCUT2D eigenvalue weighted by Crippen LogP contribution is -2.18. The smallest absolute Gasteiger partial charge is 0.303 e. The fraction of sp³-hybridized carbons (Fsp3) is 0.792. The molecule has 4 heteroatoms. The molecule has 0 radical (unpaired) electrons. The summed E-state index contributed by atoms with van der Waals surface area (Å²) in [6.45, 7) is 6.49. The largest absolute Gasteiger partial charge is 0.481 e.